The lowest BCUT2D eigenvalue weighted by Gasteiger charge is -2.35. The van der Waals surface area contributed by atoms with Gasteiger partial charge >= 0.3 is 0 Å². The summed E-state index contributed by atoms with van der Waals surface area (Å²) in [5.74, 6) is 0. The van der Waals surface area contributed by atoms with Crippen molar-refractivity contribution in [2.24, 2.45) is 0 Å². The highest BCUT2D eigenvalue weighted by atomic mass is 28.3. The minimum absolute atomic E-state index is 0.569. The zero-order valence-electron chi connectivity index (χ0n) is 9.23. The molecule has 0 unspecified atom stereocenters. The van der Waals surface area contributed by atoms with Crippen molar-refractivity contribution in [3.05, 3.63) is 0 Å². The van der Waals surface area contributed by atoms with Gasteiger partial charge in [-0.3, -0.25) is 0 Å². The Morgan fingerprint density at radius 1 is 0.818 bits per heavy atom. The predicted octanol–water partition coefficient (Wildman–Crippen LogP) is 3.83. The molecule has 0 aromatic carbocycles. The summed E-state index contributed by atoms with van der Waals surface area (Å²) in [4.78, 5) is 0. The van der Waals surface area contributed by atoms with Crippen LogP contribution in [0.25, 0.3) is 0 Å². The monoisotopic (exact) mass is 172 g/mol. The van der Waals surface area contributed by atoms with Gasteiger partial charge in [-0.2, -0.15) is 0 Å². The summed E-state index contributed by atoms with van der Waals surface area (Å²) in [5, 5.41) is 0.600. The zero-order chi connectivity index (χ0) is 9.23. The molecule has 0 heterocycles. The van der Waals surface area contributed by atoms with Crippen molar-refractivity contribution in [1.82, 2.24) is 0 Å². The zero-order valence-corrected chi connectivity index (χ0v) is 10.4. The molecule has 0 aliphatic heterocycles. The molecule has 0 rings (SSSR count). The Morgan fingerprint density at radius 3 is 1.09 bits per heavy atom. The van der Waals surface area contributed by atoms with Gasteiger partial charge in [0.25, 0.3) is 0 Å². The summed E-state index contributed by atoms with van der Waals surface area (Å²) in [6.45, 7) is 16.8. The van der Waals surface area contributed by atoms with Gasteiger partial charge in [0.15, 0.2) is 0 Å². The second-order valence-corrected chi connectivity index (χ2v) is 10.8. The highest BCUT2D eigenvalue weighted by molar-refractivity contribution is 6.64. The molecular formula is C10H24Si. The first-order chi connectivity index (χ1) is 4.76. The van der Waals surface area contributed by atoms with E-state index in [1.165, 1.54) is 0 Å². The quantitative estimate of drug-likeness (QED) is 0.555. The van der Waals surface area contributed by atoms with Gasteiger partial charge in [0.2, 0.25) is 0 Å². The summed E-state index contributed by atoms with van der Waals surface area (Å²) in [5.41, 5.74) is 1.88. The van der Waals surface area contributed by atoms with E-state index in [2.05, 4.69) is 48.5 Å². The summed E-state index contributed by atoms with van der Waals surface area (Å²) < 4.78 is 0. The topological polar surface area (TPSA) is 0 Å². The molecule has 11 heavy (non-hydrogen) atoms. The molecule has 0 radical (unpaired) electrons. The number of hydrogen-bond donors (Lipinski definition) is 0. The molecule has 0 aromatic rings. The molecule has 0 nitrogen and oxygen atoms in total. The van der Waals surface area contributed by atoms with Gasteiger partial charge in [-0.1, -0.05) is 59.5 Å². The van der Waals surface area contributed by atoms with Gasteiger partial charge in [0, 0.05) is 8.80 Å². The van der Waals surface area contributed by atoms with Crippen LogP contribution in [0, 0.1) is 0 Å². The first-order valence-electron chi connectivity index (χ1n) is 4.76. The Hall–Kier alpha value is 0.217. The Morgan fingerprint density at radius 2 is 1.09 bits per heavy atom. The van der Waals surface area contributed by atoms with E-state index in [1.807, 2.05) is 0 Å². The van der Waals surface area contributed by atoms with E-state index in [1.54, 1.807) is 0 Å². The van der Waals surface area contributed by atoms with Crippen LogP contribution in [0.4, 0.5) is 0 Å². The Kier molecular flexibility index (Phi) is 3.82. The van der Waals surface area contributed by atoms with Crippen LogP contribution in [-0.4, -0.2) is 8.80 Å². The van der Waals surface area contributed by atoms with Crippen LogP contribution in [0.5, 0.6) is 0 Å². The lowest BCUT2D eigenvalue weighted by atomic mass is 10.2. The molecule has 1 heteroatoms. The number of rotatable bonds is 2. The van der Waals surface area contributed by atoms with E-state index in [0.29, 0.717) is 5.04 Å². The number of hydrogen-bond acceptors (Lipinski definition) is 0. The minimum Gasteiger partial charge on any atom is -0.0654 e. The SMILES string of the molecule is CC(C)[SiH](C(C)C)C(C)(C)C. The van der Waals surface area contributed by atoms with E-state index >= 15 is 0 Å². The van der Waals surface area contributed by atoms with Crippen molar-refractivity contribution < 1.29 is 0 Å². The lowest BCUT2D eigenvalue weighted by Crippen LogP contribution is -2.31. The van der Waals surface area contributed by atoms with E-state index in [9.17, 15) is 0 Å². The molecular weight excluding hydrogens is 148 g/mol. The Balaban J connectivity index is 4.35. The Bertz CT molecular complexity index is 101. The first kappa shape index (κ1) is 11.2. The average molecular weight is 172 g/mol. The molecule has 0 aliphatic rings. The van der Waals surface area contributed by atoms with Crippen molar-refractivity contribution in [2.75, 3.05) is 0 Å². The van der Waals surface area contributed by atoms with Crippen LogP contribution in [0.3, 0.4) is 0 Å². The molecule has 0 spiro atoms. The summed E-state index contributed by atoms with van der Waals surface area (Å²) in [7, 11) is -0.569. The van der Waals surface area contributed by atoms with E-state index in [0.717, 1.165) is 11.1 Å². The minimum atomic E-state index is -0.569. The summed E-state index contributed by atoms with van der Waals surface area (Å²) in [6.07, 6.45) is 0. The average Bonchev–Trinajstić information content (AvgIpc) is 1.54. The fraction of sp³-hybridized carbons (Fsp3) is 1.00. The van der Waals surface area contributed by atoms with E-state index in [-0.39, 0.29) is 0 Å². The van der Waals surface area contributed by atoms with E-state index < -0.39 is 8.80 Å². The maximum atomic E-state index is 2.41. The van der Waals surface area contributed by atoms with Gasteiger partial charge in [-0.15, -0.1) is 0 Å². The van der Waals surface area contributed by atoms with Crippen molar-refractivity contribution in [2.45, 2.75) is 64.6 Å². The van der Waals surface area contributed by atoms with Crippen molar-refractivity contribution in [3.63, 3.8) is 0 Å². The molecule has 0 saturated carbocycles. The Labute approximate surface area is 74.0 Å². The second kappa shape index (κ2) is 3.75. The fourth-order valence-electron chi connectivity index (χ4n) is 2.77. The van der Waals surface area contributed by atoms with Crippen LogP contribution in [0.1, 0.15) is 48.5 Å². The van der Waals surface area contributed by atoms with E-state index in [4.69, 9.17) is 0 Å². The third kappa shape index (κ3) is 3.41. The van der Waals surface area contributed by atoms with Crippen LogP contribution in [-0.2, 0) is 0 Å². The van der Waals surface area contributed by atoms with Crippen LogP contribution >= 0.6 is 0 Å². The second-order valence-electron chi connectivity index (χ2n) is 5.38. The van der Waals surface area contributed by atoms with Gasteiger partial charge in [-0.05, 0) is 5.04 Å². The third-order valence-electron chi connectivity index (χ3n) is 2.44. The summed E-state index contributed by atoms with van der Waals surface area (Å²) >= 11 is 0. The molecule has 0 bridgehead atoms. The predicted molar refractivity (Wildman–Crippen MR) is 57.1 cm³/mol. The van der Waals surface area contributed by atoms with Crippen molar-refractivity contribution >= 4 is 8.80 Å². The summed E-state index contributed by atoms with van der Waals surface area (Å²) in [6, 6.07) is 0. The molecule has 0 atom stereocenters. The standard InChI is InChI=1S/C10H24Si/c1-8(2)11(9(3)4)10(5,6)7/h8-9,11H,1-7H3. The maximum absolute atomic E-state index is 2.41. The van der Waals surface area contributed by atoms with Crippen LogP contribution in [0.2, 0.25) is 16.1 Å². The molecule has 68 valence electrons. The van der Waals surface area contributed by atoms with Crippen LogP contribution < -0.4 is 0 Å². The lowest BCUT2D eigenvalue weighted by molar-refractivity contribution is 0.690. The van der Waals surface area contributed by atoms with Crippen molar-refractivity contribution in [3.8, 4) is 0 Å². The van der Waals surface area contributed by atoms with Gasteiger partial charge in [0.1, 0.15) is 0 Å². The molecule has 0 aliphatic carbocycles. The third-order valence-corrected chi connectivity index (χ3v) is 7.31. The maximum Gasteiger partial charge on any atom is 0.0474 e. The van der Waals surface area contributed by atoms with Gasteiger partial charge < -0.3 is 0 Å². The smallest absolute Gasteiger partial charge is 0.0474 e. The normalized spacial score (nSPS) is 13.6. The molecule has 0 amide bonds. The molecule has 0 N–H and O–H groups in total. The highest BCUT2D eigenvalue weighted by Crippen LogP contribution is 2.39. The first-order valence-corrected chi connectivity index (χ1v) is 6.68. The largest absolute Gasteiger partial charge is 0.0654 e. The molecule has 0 fully saturated rings. The van der Waals surface area contributed by atoms with Gasteiger partial charge in [-0.25, -0.2) is 0 Å². The highest BCUT2D eigenvalue weighted by Gasteiger charge is 2.31. The van der Waals surface area contributed by atoms with Crippen LogP contribution in [0.15, 0.2) is 0 Å². The fourth-order valence-corrected chi connectivity index (χ4v) is 8.31. The molecule has 0 saturated heterocycles. The van der Waals surface area contributed by atoms with Gasteiger partial charge in [0.05, 0.1) is 0 Å². The van der Waals surface area contributed by atoms with Crippen molar-refractivity contribution in [1.29, 1.82) is 0 Å². The molecule has 0 aromatic heterocycles.